The maximum Gasteiger partial charge on any atom is 0.438 e. The summed E-state index contributed by atoms with van der Waals surface area (Å²) < 4.78 is 36.4. The second kappa shape index (κ2) is 2.37. The molecular formula is C4H3ClF3N3. The van der Waals surface area contributed by atoms with Crippen molar-refractivity contribution in [1.82, 2.24) is 15.0 Å². The lowest BCUT2D eigenvalue weighted by Crippen LogP contribution is -2.06. The average molecular weight is 186 g/mol. The lowest BCUT2D eigenvalue weighted by atomic mass is 10.5. The molecule has 1 heterocycles. The lowest BCUT2D eigenvalue weighted by Gasteiger charge is -2.00. The summed E-state index contributed by atoms with van der Waals surface area (Å²) in [5.74, 6) is 0. The zero-order valence-electron chi connectivity index (χ0n) is 5.35. The Morgan fingerprint density at radius 3 is 2.18 bits per heavy atom. The fourth-order valence-electron chi connectivity index (χ4n) is 0.519. The van der Waals surface area contributed by atoms with Gasteiger partial charge in [0.15, 0.2) is 5.15 Å². The normalized spacial score (nSPS) is 12.1. The Morgan fingerprint density at radius 2 is 2.00 bits per heavy atom. The molecule has 7 heteroatoms. The highest BCUT2D eigenvalue weighted by Gasteiger charge is 2.37. The van der Waals surface area contributed by atoms with Gasteiger partial charge in [0.25, 0.3) is 0 Å². The van der Waals surface area contributed by atoms with E-state index in [0.717, 1.165) is 4.68 Å². The SMILES string of the molecule is Cn1nnc(C(F)(F)F)c1Cl. The molecule has 1 aromatic heterocycles. The minimum atomic E-state index is -4.52. The molecule has 11 heavy (non-hydrogen) atoms. The molecule has 0 amide bonds. The molecule has 0 fully saturated rings. The summed E-state index contributed by atoms with van der Waals surface area (Å²) in [5, 5.41) is 5.44. The van der Waals surface area contributed by atoms with Crippen LogP contribution in [0.25, 0.3) is 0 Å². The zero-order chi connectivity index (χ0) is 8.65. The molecular weight excluding hydrogens is 183 g/mol. The highest BCUT2D eigenvalue weighted by atomic mass is 35.5. The van der Waals surface area contributed by atoms with E-state index in [1.165, 1.54) is 7.05 Å². The van der Waals surface area contributed by atoms with E-state index >= 15 is 0 Å². The molecule has 0 atom stereocenters. The Labute approximate surface area is 64.8 Å². The van der Waals surface area contributed by atoms with Crippen LogP contribution in [0.3, 0.4) is 0 Å². The fourth-order valence-corrected chi connectivity index (χ4v) is 0.698. The summed E-state index contributed by atoms with van der Waals surface area (Å²) in [4.78, 5) is 0. The van der Waals surface area contributed by atoms with E-state index in [4.69, 9.17) is 11.6 Å². The largest absolute Gasteiger partial charge is 0.438 e. The van der Waals surface area contributed by atoms with Crippen molar-refractivity contribution in [2.75, 3.05) is 0 Å². The predicted octanol–water partition coefficient (Wildman–Crippen LogP) is 1.49. The average Bonchev–Trinajstić information content (AvgIpc) is 2.11. The first kappa shape index (κ1) is 8.32. The quantitative estimate of drug-likeness (QED) is 0.613. The van der Waals surface area contributed by atoms with Gasteiger partial charge in [0.1, 0.15) is 0 Å². The van der Waals surface area contributed by atoms with Gasteiger partial charge in [-0.3, -0.25) is 0 Å². The summed E-state index contributed by atoms with van der Waals surface area (Å²) in [7, 11) is 1.28. The van der Waals surface area contributed by atoms with Crippen LogP contribution in [0.15, 0.2) is 0 Å². The van der Waals surface area contributed by atoms with Crippen LogP contribution in [-0.4, -0.2) is 15.0 Å². The summed E-state index contributed by atoms with van der Waals surface area (Å²) in [6.45, 7) is 0. The maximum atomic E-state index is 11.9. The first-order valence-electron chi connectivity index (χ1n) is 2.55. The predicted molar refractivity (Wildman–Crippen MR) is 31.0 cm³/mol. The Balaban J connectivity index is 3.15. The van der Waals surface area contributed by atoms with Crippen molar-refractivity contribution < 1.29 is 13.2 Å². The van der Waals surface area contributed by atoms with Gasteiger partial charge in [-0.1, -0.05) is 16.8 Å². The van der Waals surface area contributed by atoms with Gasteiger partial charge in [-0.25, -0.2) is 4.68 Å². The van der Waals surface area contributed by atoms with Gasteiger partial charge in [0.2, 0.25) is 5.69 Å². The Morgan fingerprint density at radius 1 is 1.45 bits per heavy atom. The third-order valence-electron chi connectivity index (χ3n) is 1.03. The van der Waals surface area contributed by atoms with Crippen LogP contribution in [-0.2, 0) is 13.2 Å². The first-order valence-corrected chi connectivity index (χ1v) is 2.93. The van der Waals surface area contributed by atoms with Crippen LogP contribution in [0.2, 0.25) is 5.15 Å². The van der Waals surface area contributed by atoms with Gasteiger partial charge >= 0.3 is 6.18 Å². The Kier molecular flexibility index (Phi) is 1.79. The number of rotatable bonds is 0. The number of hydrogen-bond donors (Lipinski definition) is 0. The van der Waals surface area contributed by atoms with Crippen LogP contribution in [0.4, 0.5) is 13.2 Å². The molecule has 0 spiro atoms. The highest BCUT2D eigenvalue weighted by molar-refractivity contribution is 6.30. The van der Waals surface area contributed by atoms with Crippen molar-refractivity contribution in [1.29, 1.82) is 0 Å². The molecule has 1 aromatic rings. The fraction of sp³-hybridized carbons (Fsp3) is 0.500. The first-order chi connectivity index (χ1) is 4.93. The van der Waals surface area contributed by atoms with Crippen LogP contribution >= 0.6 is 11.6 Å². The van der Waals surface area contributed by atoms with Gasteiger partial charge in [-0.05, 0) is 0 Å². The monoisotopic (exact) mass is 185 g/mol. The van der Waals surface area contributed by atoms with Crippen molar-refractivity contribution in [2.24, 2.45) is 7.05 Å². The van der Waals surface area contributed by atoms with Crippen molar-refractivity contribution in [2.45, 2.75) is 6.18 Å². The van der Waals surface area contributed by atoms with Gasteiger partial charge in [0.05, 0.1) is 0 Å². The summed E-state index contributed by atoms with van der Waals surface area (Å²) in [6.07, 6.45) is -4.52. The molecule has 0 aliphatic heterocycles. The molecule has 1 rings (SSSR count). The third-order valence-corrected chi connectivity index (χ3v) is 1.45. The summed E-state index contributed by atoms with van der Waals surface area (Å²) >= 11 is 5.21. The number of aromatic nitrogens is 3. The van der Waals surface area contributed by atoms with Crippen LogP contribution in [0, 0.1) is 0 Å². The van der Waals surface area contributed by atoms with Gasteiger partial charge in [-0.15, -0.1) is 5.10 Å². The zero-order valence-corrected chi connectivity index (χ0v) is 6.11. The van der Waals surface area contributed by atoms with E-state index in [1.54, 1.807) is 0 Å². The van der Waals surface area contributed by atoms with Crippen molar-refractivity contribution in [3.8, 4) is 0 Å². The second-order valence-electron chi connectivity index (χ2n) is 1.85. The van der Waals surface area contributed by atoms with Crippen molar-refractivity contribution in [3.63, 3.8) is 0 Å². The minimum Gasteiger partial charge on any atom is -0.236 e. The Bertz CT molecular complexity index is 266. The van der Waals surface area contributed by atoms with Crippen molar-refractivity contribution in [3.05, 3.63) is 10.8 Å². The number of alkyl halides is 3. The van der Waals surface area contributed by atoms with Gasteiger partial charge in [0, 0.05) is 7.05 Å². The molecule has 62 valence electrons. The summed E-state index contributed by atoms with van der Waals surface area (Å²) in [6, 6.07) is 0. The molecule has 0 N–H and O–H groups in total. The number of nitrogens with zero attached hydrogens (tertiary/aromatic N) is 3. The molecule has 0 saturated heterocycles. The highest BCUT2D eigenvalue weighted by Crippen LogP contribution is 2.31. The lowest BCUT2D eigenvalue weighted by molar-refractivity contribution is -0.141. The molecule has 0 aliphatic rings. The van der Waals surface area contributed by atoms with E-state index in [9.17, 15) is 13.2 Å². The topological polar surface area (TPSA) is 30.7 Å². The summed E-state index contributed by atoms with van der Waals surface area (Å²) in [5.41, 5.74) is -1.15. The molecule has 0 aromatic carbocycles. The number of halogens is 4. The Hall–Kier alpha value is -0.780. The molecule has 0 unspecified atom stereocenters. The van der Waals surface area contributed by atoms with E-state index in [-0.39, 0.29) is 0 Å². The molecule has 0 aliphatic carbocycles. The van der Waals surface area contributed by atoms with Gasteiger partial charge < -0.3 is 0 Å². The maximum absolute atomic E-state index is 11.9. The van der Waals surface area contributed by atoms with E-state index in [2.05, 4.69) is 10.3 Å². The number of hydrogen-bond acceptors (Lipinski definition) is 2. The van der Waals surface area contributed by atoms with Gasteiger partial charge in [-0.2, -0.15) is 13.2 Å². The standard InChI is InChI=1S/C4H3ClF3N3/c1-11-3(5)2(9-10-11)4(6,7)8/h1H3. The second-order valence-corrected chi connectivity index (χ2v) is 2.21. The molecule has 3 nitrogen and oxygen atoms in total. The molecule has 0 bridgehead atoms. The smallest absolute Gasteiger partial charge is 0.236 e. The number of aryl methyl sites for hydroxylation is 1. The van der Waals surface area contributed by atoms with E-state index < -0.39 is 17.0 Å². The van der Waals surface area contributed by atoms with E-state index in [0.29, 0.717) is 0 Å². The third kappa shape index (κ3) is 1.45. The molecule has 0 saturated carbocycles. The van der Waals surface area contributed by atoms with E-state index in [1.807, 2.05) is 0 Å². The van der Waals surface area contributed by atoms with Crippen LogP contribution in [0.5, 0.6) is 0 Å². The van der Waals surface area contributed by atoms with Crippen LogP contribution < -0.4 is 0 Å². The molecule has 0 radical (unpaired) electrons. The van der Waals surface area contributed by atoms with Crippen molar-refractivity contribution >= 4 is 11.6 Å². The van der Waals surface area contributed by atoms with Crippen LogP contribution in [0.1, 0.15) is 5.69 Å². The minimum absolute atomic E-state index is 0.502.